The molecule has 1 heterocycles. The topological polar surface area (TPSA) is 88.4 Å². The number of thioether (sulfide) groups is 1. The van der Waals surface area contributed by atoms with Crippen molar-refractivity contribution in [1.82, 2.24) is 5.32 Å². The molecule has 0 aromatic heterocycles. The van der Waals surface area contributed by atoms with Crippen LogP contribution in [0.2, 0.25) is 0 Å². The number of amides is 1. The third-order valence-corrected chi connectivity index (χ3v) is 6.15. The quantitative estimate of drug-likeness (QED) is 0.570. The van der Waals surface area contributed by atoms with Gasteiger partial charge in [-0.3, -0.25) is 4.79 Å². The molecule has 1 aromatic carbocycles. The highest BCUT2D eigenvalue weighted by Crippen LogP contribution is 2.29. The second kappa shape index (κ2) is 9.25. The minimum absolute atomic E-state index is 0.221. The zero-order valence-electron chi connectivity index (χ0n) is 15.2. The van der Waals surface area contributed by atoms with Crippen LogP contribution in [0, 0.1) is 11.3 Å². The van der Waals surface area contributed by atoms with E-state index in [0.717, 1.165) is 42.9 Å². The minimum Gasteiger partial charge on any atom is -0.452 e. The summed E-state index contributed by atoms with van der Waals surface area (Å²) in [7, 11) is 0. The van der Waals surface area contributed by atoms with Gasteiger partial charge in [0.2, 0.25) is 0 Å². The summed E-state index contributed by atoms with van der Waals surface area (Å²) in [6.45, 7) is 0.418. The molecule has 1 aromatic rings. The van der Waals surface area contributed by atoms with Gasteiger partial charge in [-0.2, -0.15) is 5.26 Å². The molecule has 0 radical (unpaired) electrons. The van der Waals surface area contributed by atoms with Crippen LogP contribution >= 0.6 is 11.8 Å². The van der Waals surface area contributed by atoms with Crippen molar-refractivity contribution in [2.75, 3.05) is 19.0 Å². The van der Waals surface area contributed by atoms with Gasteiger partial charge in [0.25, 0.3) is 5.91 Å². The van der Waals surface area contributed by atoms with E-state index in [2.05, 4.69) is 11.4 Å². The van der Waals surface area contributed by atoms with Crippen molar-refractivity contribution >= 4 is 23.6 Å². The first kappa shape index (κ1) is 19.7. The molecule has 2 fully saturated rings. The summed E-state index contributed by atoms with van der Waals surface area (Å²) in [5.74, 6) is -0.176. The van der Waals surface area contributed by atoms with Crippen molar-refractivity contribution < 1.29 is 19.1 Å². The smallest absolute Gasteiger partial charge is 0.339 e. The normalized spacial score (nSPS) is 20.8. The number of hydrogen-bond donors (Lipinski definition) is 1. The highest BCUT2D eigenvalue weighted by molar-refractivity contribution is 7.99. The van der Waals surface area contributed by atoms with Crippen LogP contribution < -0.4 is 5.32 Å². The van der Waals surface area contributed by atoms with Gasteiger partial charge in [0.05, 0.1) is 17.7 Å². The Labute approximate surface area is 163 Å². The molecule has 3 rings (SSSR count). The number of nitrogens with zero attached hydrogens (tertiary/aromatic N) is 1. The van der Waals surface area contributed by atoms with Gasteiger partial charge < -0.3 is 14.8 Å². The first-order chi connectivity index (χ1) is 13.1. The van der Waals surface area contributed by atoms with Crippen molar-refractivity contribution in [2.45, 2.75) is 55.1 Å². The van der Waals surface area contributed by atoms with E-state index in [1.807, 2.05) is 12.1 Å². The van der Waals surface area contributed by atoms with Crippen LogP contribution in [0.3, 0.4) is 0 Å². The van der Waals surface area contributed by atoms with Crippen LogP contribution in [0.15, 0.2) is 29.2 Å². The molecule has 0 spiro atoms. The standard InChI is InChI=1S/C20H24N2O4S/c21-14-20(9-3-4-10-20)22-18(23)12-26-19(24)16-7-1-2-8-17(16)27-13-15-6-5-11-25-15/h1-2,7-8,15H,3-6,9-13H2,(H,22,23)/t15-/m1/s1. The molecule has 0 unspecified atom stereocenters. The van der Waals surface area contributed by atoms with E-state index in [0.29, 0.717) is 18.4 Å². The molecule has 1 N–H and O–H groups in total. The van der Waals surface area contributed by atoms with Crippen molar-refractivity contribution in [3.63, 3.8) is 0 Å². The predicted octanol–water partition coefficient (Wildman–Crippen LogP) is 3.07. The van der Waals surface area contributed by atoms with Gasteiger partial charge >= 0.3 is 5.97 Å². The zero-order valence-corrected chi connectivity index (χ0v) is 16.1. The molecular formula is C20H24N2O4S. The molecule has 1 atom stereocenters. The van der Waals surface area contributed by atoms with Gasteiger partial charge in [-0.05, 0) is 50.7 Å². The Bertz CT molecular complexity index is 719. The van der Waals surface area contributed by atoms with Crippen molar-refractivity contribution in [3.05, 3.63) is 29.8 Å². The molecule has 1 aliphatic heterocycles. The lowest BCUT2D eigenvalue weighted by Crippen LogP contribution is -2.46. The Morgan fingerprint density at radius 3 is 2.78 bits per heavy atom. The summed E-state index contributed by atoms with van der Waals surface area (Å²) in [4.78, 5) is 25.4. The molecule has 7 heteroatoms. The second-order valence-corrected chi connectivity index (χ2v) is 8.03. The average Bonchev–Trinajstić information content (AvgIpc) is 3.37. The molecule has 1 saturated carbocycles. The highest BCUT2D eigenvalue weighted by atomic mass is 32.2. The number of carbonyl (C=O) groups excluding carboxylic acids is 2. The fourth-order valence-corrected chi connectivity index (χ4v) is 4.58. The van der Waals surface area contributed by atoms with Crippen LogP contribution in [-0.4, -0.2) is 42.5 Å². The summed E-state index contributed by atoms with van der Waals surface area (Å²) >= 11 is 1.57. The SMILES string of the molecule is N#CC1(NC(=O)COC(=O)c2ccccc2SC[C@H]2CCCO2)CCCC1. The number of benzene rings is 1. The zero-order chi connectivity index (χ0) is 19.1. The molecule has 6 nitrogen and oxygen atoms in total. The number of nitriles is 1. The van der Waals surface area contributed by atoms with Crippen LogP contribution in [0.25, 0.3) is 0 Å². The lowest BCUT2D eigenvalue weighted by atomic mass is 10.00. The van der Waals surface area contributed by atoms with Gasteiger partial charge in [0, 0.05) is 17.3 Å². The molecule has 1 amide bonds. The Morgan fingerprint density at radius 1 is 1.30 bits per heavy atom. The Kier molecular flexibility index (Phi) is 6.75. The molecule has 1 saturated heterocycles. The first-order valence-electron chi connectivity index (χ1n) is 9.35. The largest absolute Gasteiger partial charge is 0.452 e. The molecule has 0 bridgehead atoms. The van der Waals surface area contributed by atoms with E-state index in [-0.39, 0.29) is 12.7 Å². The minimum atomic E-state index is -0.807. The van der Waals surface area contributed by atoms with Gasteiger partial charge in [0.15, 0.2) is 6.61 Å². The van der Waals surface area contributed by atoms with Gasteiger partial charge in [-0.1, -0.05) is 12.1 Å². The van der Waals surface area contributed by atoms with Gasteiger partial charge in [-0.15, -0.1) is 11.8 Å². The summed E-state index contributed by atoms with van der Waals surface area (Å²) in [5, 5.41) is 12.0. The molecule has 1 aliphatic carbocycles. The summed E-state index contributed by atoms with van der Waals surface area (Å²) < 4.78 is 10.8. The van der Waals surface area contributed by atoms with Crippen LogP contribution in [0.4, 0.5) is 0 Å². The molecule has 2 aliphatic rings. The molecule has 27 heavy (non-hydrogen) atoms. The highest BCUT2D eigenvalue weighted by Gasteiger charge is 2.35. The van der Waals surface area contributed by atoms with Gasteiger partial charge in [0.1, 0.15) is 5.54 Å². The van der Waals surface area contributed by atoms with E-state index in [9.17, 15) is 14.9 Å². The number of ether oxygens (including phenoxy) is 2. The predicted molar refractivity (Wildman–Crippen MR) is 101 cm³/mol. The van der Waals surface area contributed by atoms with Crippen LogP contribution in [0.5, 0.6) is 0 Å². The number of carbonyl (C=O) groups is 2. The van der Waals surface area contributed by atoms with E-state index in [1.54, 1.807) is 23.9 Å². The number of nitrogens with one attached hydrogen (secondary N) is 1. The van der Waals surface area contributed by atoms with Crippen molar-refractivity contribution in [3.8, 4) is 6.07 Å². The van der Waals surface area contributed by atoms with Crippen molar-refractivity contribution in [1.29, 1.82) is 5.26 Å². The van der Waals surface area contributed by atoms with E-state index >= 15 is 0 Å². The fraction of sp³-hybridized carbons (Fsp3) is 0.550. The third kappa shape index (κ3) is 5.24. The summed E-state index contributed by atoms with van der Waals surface area (Å²) in [6, 6.07) is 9.41. The van der Waals surface area contributed by atoms with E-state index < -0.39 is 17.4 Å². The fourth-order valence-electron chi connectivity index (χ4n) is 3.47. The lowest BCUT2D eigenvalue weighted by molar-refractivity contribution is -0.125. The summed E-state index contributed by atoms with van der Waals surface area (Å²) in [6.07, 6.45) is 5.47. The number of rotatable bonds is 7. The van der Waals surface area contributed by atoms with Crippen molar-refractivity contribution in [2.24, 2.45) is 0 Å². The van der Waals surface area contributed by atoms with Crippen LogP contribution in [-0.2, 0) is 14.3 Å². The average molecular weight is 388 g/mol. The Balaban J connectivity index is 1.53. The maximum atomic E-state index is 12.4. The lowest BCUT2D eigenvalue weighted by Gasteiger charge is -2.21. The monoisotopic (exact) mass is 388 g/mol. The molecule has 144 valence electrons. The maximum absolute atomic E-state index is 12.4. The first-order valence-corrected chi connectivity index (χ1v) is 10.3. The van der Waals surface area contributed by atoms with E-state index in [1.165, 1.54) is 0 Å². The summed E-state index contributed by atoms with van der Waals surface area (Å²) in [5.41, 5.74) is -0.359. The molecular weight excluding hydrogens is 364 g/mol. The maximum Gasteiger partial charge on any atom is 0.339 e. The van der Waals surface area contributed by atoms with E-state index in [4.69, 9.17) is 9.47 Å². The van der Waals surface area contributed by atoms with Crippen LogP contribution in [0.1, 0.15) is 48.9 Å². The Morgan fingerprint density at radius 2 is 2.07 bits per heavy atom. The number of esters is 1. The van der Waals surface area contributed by atoms with Gasteiger partial charge in [-0.25, -0.2) is 4.79 Å². The number of hydrogen-bond acceptors (Lipinski definition) is 6. The second-order valence-electron chi connectivity index (χ2n) is 6.97. The third-order valence-electron chi connectivity index (χ3n) is 4.94. The Hall–Kier alpha value is -2.04.